The lowest BCUT2D eigenvalue weighted by molar-refractivity contribution is -0.384. The first-order valence-electron chi connectivity index (χ1n) is 13.6. The molecular formula is C27H36N6O9. The second-order valence-electron chi connectivity index (χ2n) is 10.8. The number of benzene rings is 1. The minimum atomic E-state index is -1.96. The zero-order valence-electron chi connectivity index (χ0n) is 24.2. The zero-order valence-corrected chi connectivity index (χ0v) is 24.2. The quantitative estimate of drug-likeness (QED) is 0.200. The molecule has 2 fully saturated rings. The summed E-state index contributed by atoms with van der Waals surface area (Å²) in [5.41, 5.74) is -1.78. The molecule has 3 N–H and O–H groups in total. The van der Waals surface area contributed by atoms with Gasteiger partial charge in [-0.25, -0.2) is 0 Å². The van der Waals surface area contributed by atoms with Gasteiger partial charge in [0.15, 0.2) is 5.78 Å². The average molecular weight is 589 g/mol. The van der Waals surface area contributed by atoms with Crippen LogP contribution in [0.15, 0.2) is 24.3 Å². The number of nitrogens with zero attached hydrogens (tertiary/aromatic N) is 3. The van der Waals surface area contributed by atoms with Gasteiger partial charge in [-0.15, -0.1) is 0 Å². The maximum Gasteiger partial charge on any atom is 0.269 e. The van der Waals surface area contributed by atoms with Gasteiger partial charge in [0.05, 0.1) is 12.0 Å². The van der Waals surface area contributed by atoms with Crippen LogP contribution in [0.2, 0.25) is 0 Å². The number of hydrogen-bond acceptors (Lipinski definition) is 9. The number of Topliss-reactive ketones (excluding diaryl/α,β-unsaturated/α-hetero) is 1. The molecule has 0 saturated carbocycles. The number of nitro benzene ring substituents is 1. The molecule has 15 heteroatoms. The predicted octanol–water partition coefficient (Wildman–Crippen LogP) is 0.681. The van der Waals surface area contributed by atoms with Crippen LogP contribution in [0.5, 0.6) is 0 Å². The van der Waals surface area contributed by atoms with Crippen molar-refractivity contribution in [2.45, 2.75) is 77.0 Å². The van der Waals surface area contributed by atoms with Crippen molar-refractivity contribution in [2.75, 3.05) is 19.0 Å². The Morgan fingerprint density at radius 1 is 1.07 bits per heavy atom. The van der Waals surface area contributed by atoms with Crippen molar-refractivity contribution in [1.82, 2.24) is 20.6 Å². The Labute approximate surface area is 242 Å². The van der Waals surface area contributed by atoms with Gasteiger partial charge in [0.2, 0.25) is 29.2 Å². The van der Waals surface area contributed by atoms with Gasteiger partial charge < -0.3 is 20.9 Å². The first kappa shape index (κ1) is 32.1. The molecule has 15 nitrogen and oxygen atoms in total. The molecule has 1 aromatic carbocycles. The van der Waals surface area contributed by atoms with Gasteiger partial charge >= 0.3 is 0 Å². The lowest BCUT2D eigenvalue weighted by Crippen LogP contribution is -2.67. The molecular weight excluding hydrogens is 552 g/mol. The monoisotopic (exact) mass is 588 g/mol. The number of carbonyl (C=O) groups is 6. The molecule has 228 valence electrons. The number of amides is 5. The van der Waals surface area contributed by atoms with Crippen molar-refractivity contribution in [3.05, 3.63) is 34.4 Å². The van der Waals surface area contributed by atoms with Gasteiger partial charge in [-0.1, -0.05) is 13.8 Å². The number of likely N-dealkylation sites (tertiary alicyclic amines) is 1. The van der Waals surface area contributed by atoms with E-state index in [0.29, 0.717) is 23.6 Å². The van der Waals surface area contributed by atoms with E-state index in [1.54, 1.807) is 13.8 Å². The third-order valence-electron chi connectivity index (χ3n) is 7.52. The van der Waals surface area contributed by atoms with Crippen molar-refractivity contribution >= 4 is 46.7 Å². The molecule has 2 saturated heterocycles. The molecule has 0 aromatic heterocycles. The summed E-state index contributed by atoms with van der Waals surface area (Å²) in [4.78, 5) is 94.4. The molecule has 1 aromatic rings. The minimum absolute atomic E-state index is 0.0993. The molecule has 42 heavy (non-hydrogen) atoms. The van der Waals surface area contributed by atoms with Crippen LogP contribution in [0.3, 0.4) is 0 Å². The molecule has 4 atom stereocenters. The SMILES string of the molecule is CON1C(=O)CCC(=O)[C@]1(C)C(=O)N[C@@H](C)C(=O)N1CCC[C@H]1C(=O)N[C@H](C(=O)Nc1ccc([N+](=O)[O-])cc1)C(C)C. The second-order valence-corrected chi connectivity index (χ2v) is 10.8. The van der Waals surface area contributed by atoms with Crippen LogP contribution < -0.4 is 16.0 Å². The maximum atomic E-state index is 13.4. The highest BCUT2D eigenvalue weighted by Crippen LogP contribution is 2.27. The number of nitrogens with one attached hydrogen (secondary N) is 3. The Bertz CT molecular complexity index is 1270. The second kappa shape index (κ2) is 13.1. The van der Waals surface area contributed by atoms with E-state index in [1.165, 1.54) is 50.1 Å². The van der Waals surface area contributed by atoms with E-state index in [1.807, 2.05) is 0 Å². The van der Waals surface area contributed by atoms with Crippen molar-refractivity contribution < 1.29 is 38.5 Å². The highest BCUT2D eigenvalue weighted by atomic mass is 16.7. The third-order valence-corrected chi connectivity index (χ3v) is 7.52. The van der Waals surface area contributed by atoms with Gasteiger partial charge in [-0.05, 0) is 44.7 Å². The van der Waals surface area contributed by atoms with E-state index < -0.39 is 63.9 Å². The molecule has 0 radical (unpaired) electrons. The smallest absolute Gasteiger partial charge is 0.269 e. The summed E-state index contributed by atoms with van der Waals surface area (Å²) in [6.45, 7) is 6.37. The van der Waals surface area contributed by atoms with Crippen molar-refractivity contribution in [1.29, 1.82) is 0 Å². The number of ketones is 1. The fraction of sp³-hybridized carbons (Fsp3) is 0.556. The lowest BCUT2D eigenvalue weighted by Gasteiger charge is -2.40. The van der Waals surface area contributed by atoms with Crippen LogP contribution in [0.1, 0.15) is 53.4 Å². The number of carbonyl (C=O) groups excluding carboxylic acids is 6. The zero-order chi connectivity index (χ0) is 31.4. The van der Waals surface area contributed by atoms with Crippen LogP contribution in [0.25, 0.3) is 0 Å². The molecule has 2 heterocycles. The predicted molar refractivity (Wildman–Crippen MR) is 147 cm³/mol. The molecule has 2 aliphatic heterocycles. The molecule has 3 rings (SSSR count). The normalized spacial score (nSPS) is 22.0. The molecule has 0 bridgehead atoms. The van der Waals surface area contributed by atoms with E-state index in [-0.39, 0.29) is 31.0 Å². The topological polar surface area (TPSA) is 197 Å². The summed E-state index contributed by atoms with van der Waals surface area (Å²) in [5.74, 6) is -3.95. The summed E-state index contributed by atoms with van der Waals surface area (Å²) >= 11 is 0. The Morgan fingerprint density at radius 2 is 1.71 bits per heavy atom. The molecule has 2 aliphatic rings. The highest BCUT2D eigenvalue weighted by Gasteiger charge is 2.53. The van der Waals surface area contributed by atoms with Crippen LogP contribution in [-0.2, 0) is 33.6 Å². The van der Waals surface area contributed by atoms with E-state index in [2.05, 4.69) is 16.0 Å². The third kappa shape index (κ3) is 6.56. The van der Waals surface area contributed by atoms with Crippen LogP contribution in [0.4, 0.5) is 11.4 Å². The summed E-state index contributed by atoms with van der Waals surface area (Å²) < 4.78 is 0. The van der Waals surface area contributed by atoms with Crippen molar-refractivity contribution in [3.8, 4) is 0 Å². The van der Waals surface area contributed by atoms with Gasteiger partial charge in [-0.2, -0.15) is 5.06 Å². The van der Waals surface area contributed by atoms with E-state index in [9.17, 15) is 38.9 Å². The van der Waals surface area contributed by atoms with Crippen molar-refractivity contribution in [3.63, 3.8) is 0 Å². The fourth-order valence-corrected chi connectivity index (χ4v) is 5.05. The Hall–Kier alpha value is -4.40. The highest BCUT2D eigenvalue weighted by molar-refractivity contribution is 6.15. The largest absolute Gasteiger partial charge is 0.342 e. The van der Waals surface area contributed by atoms with E-state index >= 15 is 0 Å². The van der Waals surface area contributed by atoms with Gasteiger partial charge in [0.1, 0.15) is 18.1 Å². The average Bonchev–Trinajstić information content (AvgIpc) is 3.43. The summed E-state index contributed by atoms with van der Waals surface area (Å²) in [6.07, 6.45) is 0.592. The van der Waals surface area contributed by atoms with Crippen LogP contribution in [0, 0.1) is 16.0 Å². The van der Waals surface area contributed by atoms with Gasteiger partial charge in [0.25, 0.3) is 11.6 Å². The standard InChI is InChI=1S/C27H36N6O9/c1-15(2)22(24(37)29-17-8-10-18(11-9-17)33(40)41)30-23(36)19-7-6-14-31(19)25(38)16(3)28-26(39)27(4)20(34)12-13-21(35)32(27)42-5/h8-11,15-16,19,22H,6-7,12-14H2,1-5H3,(H,28,39)(H,29,37)(H,30,36)/t16-,19-,22-,27+/m0/s1. The number of rotatable bonds is 10. The molecule has 0 spiro atoms. The summed E-state index contributed by atoms with van der Waals surface area (Å²) in [6, 6.07) is 2.23. The number of piperidine rings is 1. The number of anilines is 1. The number of non-ortho nitro benzene ring substituents is 1. The van der Waals surface area contributed by atoms with Crippen molar-refractivity contribution in [2.24, 2.45) is 5.92 Å². The van der Waals surface area contributed by atoms with E-state index in [0.717, 1.165) is 0 Å². The summed E-state index contributed by atoms with van der Waals surface area (Å²) in [5, 5.41) is 19.4. The summed E-state index contributed by atoms with van der Waals surface area (Å²) in [7, 11) is 1.17. The van der Waals surface area contributed by atoms with E-state index in [4.69, 9.17) is 4.84 Å². The molecule has 0 unspecified atom stereocenters. The minimum Gasteiger partial charge on any atom is -0.342 e. The number of hydrogen-bond donors (Lipinski definition) is 3. The maximum absolute atomic E-state index is 13.4. The fourth-order valence-electron chi connectivity index (χ4n) is 5.05. The Kier molecular flexibility index (Phi) is 9.99. The Morgan fingerprint density at radius 3 is 2.29 bits per heavy atom. The molecule has 5 amide bonds. The van der Waals surface area contributed by atoms with Gasteiger partial charge in [0, 0.05) is 37.2 Å². The van der Waals surface area contributed by atoms with Gasteiger partial charge in [-0.3, -0.25) is 43.7 Å². The Balaban J connectivity index is 1.67. The first-order valence-corrected chi connectivity index (χ1v) is 13.6. The van der Waals surface area contributed by atoms with Crippen LogP contribution in [-0.4, -0.2) is 87.5 Å². The number of hydroxylamine groups is 2. The first-order chi connectivity index (χ1) is 19.7. The molecule has 0 aliphatic carbocycles. The van der Waals surface area contributed by atoms with Crippen LogP contribution >= 0.6 is 0 Å². The lowest BCUT2D eigenvalue weighted by atomic mass is 9.87. The number of nitro groups is 1.